The van der Waals surface area contributed by atoms with E-state index in [2.05, 4.69) is 11.8 Å². The number of benzene rings is 2. The van der Waals surface area contributed by atoms with Crippen molar-refractivity contribution in [3.63, 3.8) is 0 Å². The summed E-state index contributed by atoms with van der Waals surface area (Å²) in [6.07, 6.45) is 0. The third kappa shape index (κ3) is 5.32. The van der Waals surface area contributed by atoms with E-state index in [-0.39, 0.29) is 56.3 Å². The average Bonchev–Trinajstić information content (AvgIpc) is 2.70. The second kappa shape index (κ2) is 9.92. The number of amides is 1. The van der Waals surface area contributed by atoms with Gasteiger partial charge in [-0.15, -0.1) is 0 Å². The largest absolute Gasteiger partial charge is 0.481 e. The van der Waals surface area contributed by atoms with Crippen molar-refractivity contribution in [3.8, 4) is 5.75 Å². The number of carbonyl (C=O) groups is 1. The van der Waals surface area contributed by atoms with Gasteiger partial charge in [0.15, 0.2) is 12.4 Å². The highest BCUT2D eigenvalue weighted by Gasteiger charge is 2.32. The number of rotatable bonds is 5. The third-order valence-electron chi connectivity index (χ3n) is 5.15. The molecule has 0 saturated carbocycles. The van der Waals surface area contributed by atoms with Gasteiger partial charge in [0.2, 0.25) is 0 Å². The first-order valence-electron chi connectivity index (χ1n) is 9.41. The summed E-state index contributed by atoms with van der Waals surface area (Å²) >= 11 is 24.2. The van der Waals surface area contributed by atoms with Crippen molar-refractivity contribution < 1.29 is 13.9 Å². The van der Waals surface area contributed by atoms with Crippen LogP contribution in [0.1, 0.15) is 19.4 Å². The molecule has 1 aliphatic rings. The number of piperazine rings is 1. The normalized spacial score (nSPS) is 19.8. The Labute approximate surface area is 195 Å². The molecule has 3 rings (SSSR count). The van der Waals surface area contributed by atoms with Gasteiger partial charge in [-0.25, -0.2) is 4.39 Å². The number of ether oxygens (including phenoxy) is 1. The minimum Gasteiger partial charge on any atom is -0.481 e. The molecule has 1 aliphatic heterocycles. The number of hydrogen-bond acceptors (Lipinski definition) is 3. The van der Waals surface area contributed by atoms with Gasteiger partial charge in [0.05, 0.1) is 15.1 Å². The first-order chi connectivity index (χ1) is 14.2. The van der Waals surface area contributed by atoms with Gasteiger partial charge in [-0.2, -0.15) is 0 Å². The van der Waals surface area contributed by atoms with E-state index in [1.54, 1.807) is 17.0 Å². The van der Waals surface area contributed by atoms with Crippen LogP contribution in [-0.2, 0) is 11.3 Å². The topological polar surface area (TPSA) is 32.8 Å². The van der Waals surface area contributed by atoms with E-state index >= 15 is 0 Å². The van der Waals surface area contributed by atoms with E-state index in [9.17, 15) is 9.18 Å². The Bertz CT molecular complexity index is 926. The van der Waals surface area contributed by atoms with Crippen LogP contribution < -0.4 is 4.74 Å². The van der Waals surface area contributed by atoms with Gasteiger partial charge < -0.3 is 9.64 Å². The van der Waals surface area contributed by atoms with Crippen molar-refractivity contribution in [1.29, 1.82) is 0 Å². The molecule has 1 fully saturated rings. The van der Waals surface area contributed by atoms with Gasteiger partial charge in [-0.3, -0.25) is 9.69 Å². The van der Waals surface area contributed by atoms with Crippen LogP contribution in [0.3, 0.4) is 0 Å². The molecule has 4 nitrogen and oxygen atoms in total. The highest BCUT2D eigenvalue weighted by Crippen LogP contribution is 2.42. The molecular formula is C21H21Cl4FN2O2. The zero-order valence-corrected chi connectivity index (χ0v) is 19.5. The van der Waals surface area contributed by atoms with E-state index in [0.717, 1.165) is 5.56 Å². The van der Waals surface area contributed by atoms with Crippen molar-refractivity contribution >= 4 is 52.3 Å². The molecule has 1 saturated heterocycles. The molecule has 2 aromatic rings. The van der Waals surface area contributed by atoms with E-state index in [0.29, 0.717) is 19.6 Å². The molecule has 0 aliphatic carbocycles. The molecule has 162 valence electrons. The van der Waals surface area contributed by atoms with Crippen LogP contribution in [-0.4, -0.2) is 47.5 Å². The van der Waals surface area contributed by atoms with E-state index < -0.39 is 0 Å². The molecule has 0 unspecified atom stereocenters. The summed E-state index contributed by atoms with van der Waals surface area (Å²) in [7, 11) is 0. The molecule has 9 heteroatoms. The summed E-state index contributed by atoms with van der Waals surface area (Å²) in [4.78, 5) is 16.9. The summed E-state index contributed by atoms with van der Waals surface area (Å²) in [5.41, 5.74) is 1.03. The number of hydrogen-bond donors (Lipinski definition) is 0. The zero-order chi connectivity index (χ0) is 22.0. The highest BCUT2D eigenvalue weighted by molar-refractivity contribution is 6.50. The Kier molecular flexibility index (Phi) is 7.75. The van der Waals surface area contributed by atoms with Gasteiger partial charge in [-0.05, 0) is 37.6 Å². The van der Waals surface area contributed by atoms with Crippen molar-refractivity contribution in [3.05, 3.63) is 61.8 Å². The summed E-state index contributed by atoms with van der Waals surface area (Å²) < 4.78 is 18.7. The lowest BCUT2D eigenvalue weighted by Crippen LogP contribution is -2.58. The van der Waals surface area contributed by atoms with E-state index in [4.69, 9.17) is 51.1 Å². The minimum atomic E-state index is -0.252. The summed E-state index contributed by atoms with van der Waals surface area (Å²) in [5.74, 6) is -0.288. The minimum absolute atomic E-state index is 0.0162. The maximum atomic E-state index is 13.1. The molecule has 2 atom stereocenters. The maximum absolute atomic E-state index is 13.1. The summed E-state index contributed by atoms with van der Waals surface area (Å²) in [6, 6.07) is 8.02. The molecule has 0 radical (unpaired) electrons. The zero-order valence-electron chi connectivity index (χ0n) is 16.5. The van der Waals surface area contributed by atoms with Crippen LogP contribution in [0, 0.1) is 5.82 Å². The summed E-state index contributed by atoms with van der Waals surface area (Å²) in [6.45, 7) is 5.76. The molecule has 0 N–H and O–H groups in total. The number of carbonyl (C=O) groups excluding carboxylic acids is 1. The standard InChI is InChI=1S/C21H21Cl4FN2O2/c1-12-9-28(13(2)8-27(12)10-14-3-5-15(26)6-4-14)18(29)11-30-21-17(23)7-16(22)19(24)20(21)25/h3-7,12-13H,8-11H2,1-2H3/t12-,13+/m1/s1. The number of nitrogens with zero attached hydrogens (tertiary/aromatic N) is 2. The maximum Gasteiger partial charge on any atom is 0.260 e. The van der Waals surface area contributed by atoms with Crippen LogP contribution >= 0.6 is 46.4 Å². The molecule has 0 bridgehead atoms. The van der Waals surface area contributed by atoms with Crippen LogP contribution in [0.2, 0.25) is 20.1 Å². The first kappa shape index (κ1) is 23.4. The van der Waals surface area contributed by atoms with Crippen LogP contribution in [0.4, 0.5) is 4.39 Å². The molecular weight excluding hydrogens is 473 g/mol. The van der Waals surface area contributed by atoms with E-state index in [1.165, 1.54) is 18.2 Å². The van der Waals surface area contributed by atoms with Crippen LogP contribution in [0.25, 0.3) is 0 Å². The first-order valence-corrected chi connectivity index (χ1v) is 10.9. The SMILES string of the molecule is C[C@@H]1CN(C(=O)COc2c(Cl)cc(Cl)c(Cl)c2Cl)[C@@H](C)CN1Cc1ccc(F)cc1. The predicted molar refractivity (Wildman–Crippen MR) is 119 cm³/mol. The Morgan fingerprint density at radius 2 is 1.70 bits per heavy atom. The lowest BCUT2D eigenvalue weighted by atomic mass is 10.1. The highest BCUT2D eigenvalue weighted by atomic mass is 35.5. The lowest BCUT2D eigenvalue weighted by molar-refractivity contribution is -0.139. The van der Waals surface area contributed by atoms with Gasteiger partial charge in [0.25, 0.3) is 5.91 Å². The van der Waals surface area contributed by atoms with Crippen LogP contribution in [0.5, 0.6) is 5.75 Å². The van der Waals surface area contributed by atoms with Crippen molar-refractivity contribution in [2.75, 3.05) is 19.7 Å². The van der Waals surface area contributed by atoms with Gasteiger partial charge in [0.1, 0.15) is 10.8 Å². The molecule has 2 aromatic carbocycles. The third-order valence-corrected chi connectivity index (χ3v) is 6.67. The van der Waals surface area contributed by atoms with Gasteiger partial charge >= 0.3 is 0 Å². The van der Waals surface area contributed by atoms with E-state index in [1.807, 2.05) is 6.92 Å². The second-order valence-electron chi connectivity index (χ2n) is 7.39. The Hall–Kier alpha value is -1.24. The Morgan fingerprint density at radius 1 is 1.03 bits per heavy atom. The predicted octanol–water partition coefficient (Wildman–Crippen LogP) is 5.94. The average molecular weight is 494 g/mol. The van der Waals surface area contributed by atoms with Crippen molar-refractivity contribution in [2.45, 2.75) is 32.5 Å². The molecule has 0 aromatic heterocycles. The second-order valence-corrected chi connectivity index (χ2v) is 8.96. The monoisotopic (exact) mass is 492 g/mol. The fourth-order valence-electron chi connectivity index (χ4n) is 3.49. The lowest BCUT2D eigenvalue weighted by Gasteiger charge is -2.44. The number of halogens is 5. The Morgan fingerprint density at radius 3 is 2.37 bits per heavy atom. The van der Waals surface area contributed by atoms with Gasteiger partial charge in [0, 0.05) is 31.7 Å². The molecule has 1 heterocycles. The summed E-state index contributed by atoms with van der Waals surface area (Å²) in [5, 5.41) is 0.604. The quantitative estimate of drug-likeness (QED) is 0.381. The molecule has 1 amide bonds. The van der Waals surface area contributed by atoms with Crippen molar-refractivity contribution in [1.82, 2.24) is 9.80 Å². The van der Waals surface area contributed by atoms with Crippen molar-refractivity contribution in [2.24, 2.45) is 0 Å². The molecule has 30 heavy (non-hydrogen) atoms. The molecule has 0 spiro atoms. The fraction of sp³-hybridized carbons (Fsp3) is 0.381. The fourth-order valence-corrected chi connectivity index (χ4v) is 4.50. The smallest absolute Gasteiger partial charge is 0.260 e. The van der Waals surface area contributed by atoms with Crippen LogP contribution in [0.15, 0.2) is 30.3 Å². The van der Waals surface area contributed by atoms with Gasteiger partial charge in [-0.1, -0.05) is 58.5 Å². The Balaban J connectivity index is 1.61.